The van der Waals surface area contributed by atoms with E-state index in [0.29, 0.717) is 0 Å². The summed E-state index contributed by atoms with van der Waals surface area (Å²) in [5, 5.41) is 1.09. The van der Waals surface area contributed by atoms with Gasteiger partial charge in [-0.05, 0) is 26.2 Å². The van der Waals surface area contributed by atoms with Gasteiger partial charge in [-0.1, -0.05) is 36.7 Å². The van der Waals surface area contributed by atoms with Crippen LogP contribution in [-0.4, -0.2) is 28.9 Å². The van der Waals surface area contributed by atoms with Crippen molar-refractivity contribution >= 4 is 15.9 Å². The zero-order valence-corrected chi connectivity index (χ0v) is 11.1. The van der Waals surface area contributed by atoms with E-state index in [1.807, 2.05) is 0 Å². The average molecular weight is 250 g/mol. The number of alkyl halides is 1. The fraction of sp³-hybridized carbons (Fsp3) is 1.00. The Balaban J connectivity index is 4.19. The molecular weight excluding hydrogens is 226 g/mol. The van der Waals surface area contributed by atoms with Gasteiger partial charge in [0.15, 0.2) is 0 Å². The minimum absolute atomic E-state index is 0.724. The van der Waals surface area contributed by atoms with Crippen LogP contribution in [0.4, 0.5) is 0 Å². The molecule has 13 heavy (non-hydrogen) atoms. The molecule has 0 aromatic rings. The summed E-state index contributed by atoms with van der Waals surface area (Å²) in [7, 11) is 0. The molecule has 0 saturated carbocycles. The second-order valence-corrected chi connectivity index (χ2v) is 4.45. The van der Waals surface area contributed by atoms with Gasteiger partial charge in [0.2, 0.25) is 0 Å². The van der Waals surface area contributed by atoms with Crippen molar-refractivity contribution in [3.63, 3.8) is 0 Å². The molecular formula is C11H24BrN. The monoisotopic (exact) mass is 249 g/mol. The Morgan fingerprint density at radius 2 is 1.62 bits per heavy atom. The Morgan fingerprint density at radius 3 is 1.92 bits per heavy atom. The molecule has 0 rings (SSSR count). The summed E-state index contributed by atoms with van der Waals surface area (Å²) < 4.78 is 0. The third-order valence-corrected chi connectivity index (χ3v) is 3.27. The molecule has 0 aromatic heterocycles. The van der Waals surface area contributed by atoms with Gasteiger partial charge in [-0.25, -0.2) is 0 Å². The molecule has 80 valence electrons. The lowest BCUT2D eigenvalue weighted by atomic mass is 10.1. The molecule has 1 unspecified atom stereocenters. The first-order valence-corrected chi connectivity index (χ1v) is 6.64. The lowest BCUT2D eigenvalue weighted by Crippen LogP contribution is -2.42. The highest BCUT2D eigenvalue weighted by Crippen LogP contribution is 2.14. The second-order valence-electron chi connectivity index (χ2n) is 3.65. The number of hydrogen-bond acceptors (Lipinski definition) is 1. The van der Waals surface area contributed by atoms with Crippen molar-refractivity contribution in [1.29, 1.82) is 0 Å². The molecule has 1 atom stereocenters. The average Bonchev–Trinajstić information content (AvgIpc) is 2.17. The maximum atomic E-state index is 3.53. The fourth-order valence-electron chi connectivity index (χ4n) is 1.85. The van der Waals surface area contributed by atoms with Crippen LogP contribution >= 0.6 is 15.9 Å². The molecule has 0 N–H and O–H groups in total. The molecule has 0 aliphatic carbocycles. The van der Waals surface area contributed by atoms with Crippen LogP contribution in [0.2, 0.25) is 0 Å². The summed E-state index contributed by atoms with van der Waals surface area (Å²) in [4.78, 5) is 2.63. The molecule has 0 radical (unpaired) electrons. The number of rotatable bonds is 7. The van der Waals surface area contributed by atoms with Gasteiger partial charge in [0.05, 0.1) is 0 Å². The van der Waals surface area contributed by atoms with Crippen LogP contribution in [0, 0.1) is 0 Å². The molecule has 0 saturated heterocycles. The van der Waals surface area contributed by atoms with Crippen LogP contribution in [0.5, 0.6) is 0 Å². The third kappa shape index (κ3) is 4.46. The Hall–Kier alpha value is 0.440. The van der Waals surface area contributed by atoms with E-state index in [9.17, 15) is 0 Å². The summed E-state index contributed by atoms with van der Waals surface area (Å²) in [5.41, 5.74) is 0. The molecule has 0 bridgehead atoms. The molecule has 0 amide bonds. The summed E-state index contributed by atoms with van der Waals surface area (Å²) in [6.45, 7) is 10.4. The zero-order chi connectivity index (χ0) is 10.3. The second kappa shape index (κ2) is 7.81. The number of hydrogen-bond donors (Lipinski definition) is 0. The van der Waals surface area contributed by atoms with E-state index >= 15 is 0 Å². The van der Waals surface area contributed by atoms with E-state index in [1.54, 1.807) is 0 Å². The van der Waals surface area contributed by atoms with Gasteiger partial charge >= 0.3 is 0 Å². The van der Waals surface area contributed by atoms with Crippen LogP contribution < -0.4 is 0 Å². The number of nitrogens with zero attached hydrogens (tertiary/aromatic N) is 1. The smallest absolute Gasteiger partial charge is 0.0159 e. The normalized spacial score (nSPS) is 14.1. The van der Waals surface area contributed by atoms with E-state index in [4.69, 9.17) is 0 Å². The van der Waals surface area contributed by atoms with Gasteiger partial charge in [-0.3, -0.25) is 4.90 Å². The highest BCUT2D eigenvalue weighted by atomic mass is 79.9. The van der Waals surface area contributed by atoms with Crippen molar-refractivity contribution in [2.75, 3.05) is 11.9 Å². The van der Waals surface area contributed by atoms with Crippen LogP contribution in [0.1, 0.15) is 47.0 Å². The predicted molar refractivity (Wildman–Crippen MR) is 64.6 cm³/mol. The Labute approximate surface area is 92.0 Å². The molecule has 0 aliphatic rings. The van der Waals surface area contributed by atoms with E-state index in [0.717, 1.165) is 17.4 Å². The third-order valence-electron chi connectivity index (χ3n) is 2.91. The van der Waals surface area contributed by atoms with Gasteiger partial charge in [0.1, 0.15) is 0 Å². The Bertz CT molecular complexity index is 113. The molecule has 0 aliphatic heterocycles. The van der Waals surface area contributed by atoms with Crippen molar-refractivity contribution in [3.05, 3.63) is 0 Å². The molecule has 0 spiro atoms. The van der Waals surface area contributed by atoms with Gasteiger partial charge in [0, 0.05) is 24.0 Å². The van der Waals surface area contributed by atoms with Gasteiger partial charge in [0.25, 0.3) is 0 Å². The predicted octanol–water partition coefficient (Wildman–Crippen LogP) is 3.67. The Morgan fingerprint density at radius 1 is 1.08 bits per heavy atom. The van der Waals surface area contributed by atoms with Crippen molar-refractivity contribution in [2.45, 2.75) is 59.0 Å². The maximum Gasteiger partial charge on any atom is 0.0159 e. The highest BCUT2D eigenvalue weighted by Gasteiger charge is 2.18. The standard InChI is InChI=1S/C11H24BrN/c1-5-10(4)13(9-8-12)11(6-2)7-3/h10-11H,5-9H2,1-4H3. The van der Waals surface area contributed by atoms with Gasteiger partial charge < -0.3 is 0 Å². The molecule has 0 aromatic carbocycles. The van der Waals surface area contributed by atoms with E-state index < -0.39 is 0 Å². The quantitative estimate of drug-likeness (QED) is 0.623. The van der Waals surface area contributed by atoms with Crippen molar-refractivity contribution in [1.82, 2.24) is 4.90 Å². The van der Waals surface area contributed by atoms with E-state index in [-0.39, 0.29) is 0 Å². The van der Waals surface area contributed by atoms with E-state index in [1.165, 1.54) is 25.8 Å². The van der Waals surface area contributed by atoms with Crippen LogP contribution in [0.15, 0.2) is 0 Å². The first-order valence-electron chi connectivity index (χ1n) is 5.52. The van der Waals surface area contributed by atoms with Gasteiger partial charge in [-0.2, -0.15) is 0 Å². The fourth-order valence-corrected chi connectivity index (χ4v) is 2.26. The van der Waals surface area contributed by atoms with Crippen LogP contribution in [-0.2, 0) is 0 Å². The summed E-state index contributed by atoms with van der Waals surface area (Å²) >= 11 is 3.53. The maximum absolute atomic E-state index is 3.53. The summed E-state index contributed by atoms with van der Waals surface area (Å²) in [5.74, 6) is 0. The first kappa shape index (κ1) is 13.4. The minimum Gasteiger partial charge on any atom is -0.297 e. The molecule has 2 heteroatoms. The molecule has 0 fully saturated rings. The van der Waals surface area contributed by atoms with Crippen molar-refractivity contribution in [3.8, 4) is 0 Å². The summed E-state index contributed by atoms with van der Waals surface area (Å²) in [6.07, 6.45) is 3.80. The summed E-state index contributed by atoms with van der Waals surface area (Å²) in [6, 6.07) is 1.50. The SMILES string of the molecule is CCC(C)N(CCBr)C(CC)CC. The van der Waals surface area contributed by atoms with Crippen LogP contribution in [0.25, 0.3) is 0 Å². The van der Waals surface area contributed by atoms with E-state index in [2.05, 4.69) is 48.5 Å². The minimum atomic E-state index is 0.724. The zero-order valence-electron chi connectivity index (χ0n) is 9.52. The molecule has 1 nitrogen and oxygen atoms in total. The van der Waals surface area contributed by atoms with Crippen molar-refractivity contribution < 1.29 is 0 Å². The first-order chi connectivity index (χ1) is 6.21. The lowest BCUT2D eigenvalue weighted by Gasteiger charge is -2.34. The number of halogens is 1. The van der Waals surface area contributed by atoms with Crippen LogP contribution in [0.3, 0.4) is 0 Å². The highest BCUT2D eigenvalue weighted by molar-refractivity contribution is 9.09. The Kier molecular flexibility index (Phi) is 8.07. The largest absolute Gasteiger partial charge is 0.297 e. The topological polar surface area (TPSA) is 3.24 Å². The van der Waals surface area contributed by atoms with Gasteiger partial charge in [-0.15, -0.1) is 0 Å². The lowest BCUT2D eigenvalue weighted by molar-refractivity contribution is 0.142. The molecule has 0 heterocycles. The van der Waals surface area contributed by atoms with Crippen molar-refractivity contribution in [2.24, 2.45) is 0 Å².